The van der Waals surface area contributed by atoms with Crippen molar-refractivity contribution in [1.82, 2.24) is 9.62 Å². The smallest absolute Gasteiger partial charge is 0.243 e. The number of nitrogens with one attached hydrogen (secondary N) is 1. The van der Waals surface area contributed by atoms with E-state index in [0.717, 1.165) is 11.1 Å². The van der Waals surface area contributed by atoms with Gasteiger partial charge in [-0.1, -0.05) is 24.3 Å². The van der Waals surface area contributed by atoms with E-state index in [1.165, 1.54) is 4.31 Å². The topological polar surface area (TPSA) is 75.7 Å². The molecule has 1 amide bonds. The monoisotopic (exact) mass is 402 g/mol. The maximum absolute atomic E-state index is 12.8. The fourth-order valence-electron chi connectivity index (χ4n) is 3.39. The van der Waals surface area contributed by atoms with Crippen molar-refractivity contribution in [3.63, 3.8) is 0 Å². The van der Waals surface area contributed by atoms with E-state index in [9.17, 15) is 13.2 Å². The zero-order valence-corrected chi connectivity index (χ0v) is 17.0. The lowest BCUT2D eigenvalue weighted by molar-refractivity contribution is -0.126. The summed E-state index contributed by atoms with van der Waals surface area (Å²) in [5.41, 5.74) is 2.23. The van der Waals surface area contributed by atoms with Crippen LogP contribution in [-0.4, -0.2) is 38.8 Å². The number of carbonyl (C=O) groups excluding carboxylic acids is 1. The van der Waals surface area contributed by atoms with Crippen molar-refractivity contribution in [3.05, 3.63) is 59.7 Å². The molecule has 2 aromatic carbocycles. The molecule has 1 fully saturated rings. The molecule has 0 radical (unpaired) electrons. The van der Waals surface area contributed by atoms with Crippen LogP contribution < -0.4 is 10.1 Å². The molecule has 0 unspecified atom stereocenters. The Hall–Kier alpha value is -2.38. The fraction of sp³-hybridized carbons (Fsp3) is 0.381. The minimum Gasteiger partial charge on any atom is -0.497 e. The Labute approximate surface area is 166 Å². The van der Waals surface area contributed by atoms with Crippen molar-refractivity contribution in [2.75, 3.05) is 20.2 Å². The van der Waals surface area contributed by atoms with Gasteiger partial charge in [0, 0.05) is 25.6 Å². The van der Waals surface area contributed by atoms with Crippen molar-refractivity contribution >= 4 is 15.9 Å². The predicted octanol–water partition coefficient (Wildman–Crippen LogP) is 2.72. The highest BCUT2D eigenvalue weighted by atomic mass is 32.2. The molecule has 2 aromatic rings. The van der Waals surface area contributed by atoms with Crippen LogP contribution in [0.25, 0.3) is 0 Å². The number of benzene rings is 2. The minimum atomic E-state index is -3.55. The third-order valence-electron chi connectivity index (χ3n) is 5.24. The molecule has 0 saturated carbocycles. The molecule has 0 spiro atoms. The number of aryl methyl sites for hydroxylation is 1. The Kier molecular flexibility index (Phi) is 6.36. The van der Waals surface area contributed by atoms with Crippen LogP contribution in [0.5, 0.6) is 5.75 Å². The van der Waals surface area contributed by atoms with Gasteiger partial charge in [-0.15, -0.1) is 0 Å². The fourth-order valence-corrected chi connectivity index (χ4v) is 4.86. The quantitative estimate of drug-likeness (QED) is 0.806. The Morgan fingerprint density at radius 3 is 2.36 bits per heavy atom. The van der Waals surface area contributed by atoms with Gasteiger partial charge in [0.2, 0.25) is 15.9 Å². The molecule has 7 heteroatoms. The van der Waals surface area contributed by atoms with E-state index in [1.54, 1.807) is 31.4 Å². The molecular formula is C21H26N2O4S. The van der Waals surface area contributed by atoms with Crippen LogP contribution in [0.1, 0.15) is 24.0 Å². The average Bonchev–Trinajstić information content (AvgIpc) is 2.73. The van der Waals surface area contributed by atoms with Crippen molar-refractivity contribution in [1.29, 1.82) is 0 Å². The van der Waals surface area contributed by atoms with E-state index in [2.05, 4.69) is 5.32 Å². The van der Waals surface area contributed by atoms with Crippen LogP contribution >= 0.6 is 0 Å². The first-order valence-electron chi connectivity index (χ1n) is 9.38. The molecule has 3 rings (SSSR count). The number of carbonyl (C=O) groups is 1. The number of amides is 1. The minimum absolute atomic E-state index is 0.00949. The number of piperidine rings is 1. The number of sulfonamides is 1. The van der Waals surface area contributed by atoms with Gasteiger partial charge in [-0.2, -0.15) is 4.31 Å². The summed E-state index contributed by atoms with van der Waals surface area (Å²) in [6, 6.07) is 14.3. The zero-order chi connectivity index (χ0) is 20.1. The molecule has 1 heterocycles. The van der Waals surface area contributed by atoms with E-state index in [0.29, 0.717) is 38.2 Å². The lowest BCUT2D eigenvalue weighted by Gasteiger charge is -2.30. The van der Waals surface area contributed by atoms with Crippen LogP contribution in [0.4, 0.5) is 0 Å². The highest BCUT2D eigenvalue weighted by molar-refractivity contribution is 7.89. The predicted molar refractivity (Wildman–Crippen MR) is 108 cm³/mol. The summed E-state index contributed by atoms with van der Waals surface area (Å²) in [4.78, 5) is 12.7. The van der Waals surface area contributed by atoms with Crippen molar-refractivity contribution in [2.45, 2.75) is 31.2 Å². The van der Waals surface area contributed by atoms with E-state index in [1.807, 2.05) is 31.2 Å². The first-order valence-corrected chi connectivity index (χ1v) is 10.8. The Morgan fingerprint density at radius 2 is 1.75 bits per heavy atom. The van der Waals surface area contributed by atoms with E-state index >= 15 is 0 Å². The SMILES string of the molecule is COc1ccc(S(=O)(=O)N2CCC(C(=O)NCc3ccccc3C)CC2)cc1. The molecule has 0 aliphatic carbocycles. The molecule has 1 saturated heterocycles. The number of ether oxygens (including phenoxy) is 1. The Balaban J connectivity index is 1.55. The summed E-state index contributed by atoms with van der Waals surface area (Å²) in [7, 11) is -2.01. The van der Waals surface area contributed by atoms with Crippen molar-refractivity contribution in [2.24, 2.45) is 5.92 Å². The van der Waals surface area contributed by atoms with Crippen LogP contribution in [-0.2, 0) is 21.4 Å². The second kappa shape index (κ2) is 8.75. The summed E-state index contributed by atoms with van der Waals surface area (Å²) in [5, 5.41) is 2.99. The van der Waals surface area contributed by atoms with Gasteiger partial charge in [-0.25, -0.2) is 8.42 Å². The average molecular weight is 403 g/mol. The molecule has 150 valence electrons. The third-order valence-corrected chi connectivity index (χ3v) is 7.15. The summed E-state index contributed by atoms with van der Waals surface area (Å²) in [5.74, 6) is 0.444. The van der Waals surface area contributed by atoms with Gasteiger partial charge in [0.05, 0.1) is 12.0 Å². The van der Waals surface area contributed by atoms with Gasteiger partial charge in [-0.05, 0) is 55.2 Å². The summed E-state index contributed by atoms with van der Waals surface area (Å²) >= 11 is 0. The van der Waals surface area contributed by atoms with Crippen LogP contribution in [0, 0.1) is 12.8 Å². The molecule has 0 aromatic heterocycles. The number of hydrogen-bond donors (Lipinski definition) is 1. The summed E-state index contributed by atoms with van der Waals surface area (Å²) in [6.45, 7) is 3.20. The number of hydrogen-bond acceptors (Lipinski definition) is 4. The first kappa shape index (κ1) is 20.4. The molecule has 1 aliphatic rings. The van der Waals surface area contributed by atoms with Gasteiger partial charge in [0.1, 0.15) is 5.75 Å². The summed E-state index contributed by atoms with van der Waals surface area (Å²) in [6.07, 6.45) is 1.05. The number of methoxy groups -OCH3 is 1. The van der Waals surface area contributed by atoms with Crippen molar-refractivity contribution < 1.29 is 17.9 Å². The van der Waals surface area contributed by atoms with E-state index in [-0.39, 0.29) is 16.7 Å². The van der Waals surface area contributed by atoms with Crippen molar-refractivity contribution in [3.8, 4) is 5.75 Å². The molecule has 1 aliphatic heterocycles. The van der Waals surface area contributed by atoms with Gasteiger partial charge in [0.25, 0.3) is 0 Å². The Morgan fingerprint density at radius 1 is 1.11 bits per heavy atom. The summed E-state index contributed by atoms with van der Waals surface area (Å²) < 4.78 is 32.1. The maximum Gasteiger partial charge on any atom is 0.243 e. The molecule has 1 N–H and O–H groups in total. The van der Waals surface area contributed by atoms with Gasteiger partial charge >= 0.3 is 0 Å². The molecule has 0 atom stereocenters. The van der Waals surface area contributed by atoms with Crippen LogP contribution in [0.15, 0.2) is 53.4 Å². The number of nitrogens with zero attached hydrogens (tertiary/aromatic N) is 1. The van der Waals surface area contributed by atoms with Crippen LogP contribution in [0.3, 0.4) is 0 Å². The molecule has 28 heavy (non-hydrogen) atoms. The maximum atomic E-state index is 12.8. The second-order valence-corrected chi connectivity index (χ2v) is 8.94. The lowest BCUT2D eigenvalue weighted by atomic mass is 9.97. The first-order chi connectivity index (χ1) is 13.4. The van der Waals surface area contributed by atoms with Crippen LogP contribution in [0.2, 0.25) is 0 Å². The van der Waals surface area contributed by atoms with Gasteiger partial charge in [-0.3, -0.25) is 4.79 Å². The normalized spacial score (nSPS) is 15.9. The highest BCUT2D eigenvalue weighted by Gasteiger charge is 2.32. The van der Waals surface area contributed by atoms with E-state index < -0.39 is 10.0 Å². The molecular weight excluding hydrogens is 376 g/mol. The number of rotatable bonds is 6. The largest absolute Gasteiger partial charge is 0.497 e. The zero-order valence-electron chi connectivity index (χ0n) is 16.2. The standard InChI is InChI=1S/C21H26N2O4S/c1-16-5-3-4-6-18(16)15-22-21(24)17-11-13-23(14-12-17)28(25,26)20-9-7-19(27-2)8-10-20/h3-10,17H,11-15H2,1-2H3,(H,22,24). The second-order valence-electron chi connectivity index (χ2n) is 7.00. The Bertz CT molecular complexity index is 918. The third kappa shape index (κ3) is 4.54. The molecule has 6 nitrogen and oxygen atoms in total. The lowest BCUT2D eigenvalue weighted by Crippen LogP contribution is -2.42. The highest BCUT2D eigenvalue weighted by Crippen LogP contribution is 2.25. The molecule has 0 bridgehead atoms. The van der Waals surface area contributed by atoms with Gasteiger partial charge in [0.15, 0.2) is 0 Å². The van der Waals surface area contributed by atoms with Gasteiger partial charge < -0.3 is 10.1 Å². The van der Waals surface area contributed by atoms with E-state index in [4.69, 9.17) is 4.74 Å².